The molecule has 9 heteroatoms. The second kappa shape index (κ2) is 9.69. The van der Waals surface area contributed by atoms with Gasteiger partial charge in [-0.25, -0.2) is 0 Å². The van der Waals surface area contributed by atoms with Crippen LogP contribution in [0.1, 0.15) is 51.5 Å². The van der Waals surface area contributed by atoms with Crippen molar-refractivity contribution in [3.05, 3.63) is 71.6 Å². The number of ether oxygens (including phenoxy) is 1. The van der Waals surface area contributed by atoms with E-state index in [4.69, 9.17) is 4.74 Å². The van der Waals surface area contributed by atoms with Gasteiger partial charge in [-0.3, -0.25) is 14.6 Å². The fourth-order valence-electron chi connectivity index (χ4n) is 3.61. The van der Waals surface area contributed by atoms with Crippen LogP contribution in [-0.4, -0.2) is 50.8 Å². The molecule has 1 saturated heterocycles. The number of rotatable bonds is 7. The van der Waals surface area contributed by atoms with Gasteiger partial charge in [0.1, 0.15) is 17.8 Å². The Morgan fingerprint density at radius 3 is 2.88 bits per heavy atom. The van der Waals surface area contributed by atoms with Crippen LogP contribution in [0.4, 0.5) is 5.69 Å². The number of hydrogen-bond acceptors (Lipinski definition) is 6. The number of nitrogens with one attached hydrogen (secondary N) is 2. The molecule has 1 aliphatic heterocycles. The molecule has 1 aromatic carbocycles. The molecule has 0 aliphatic carbocycles. The predicted molar refractivity (Wildman–Crippen MR) is 118 cm³/mol. The summed E-state index contributed by atoms with van der Waals surface area (Å²) < 4.78 is 7.18. The molecule has 2 aromatic heterocycles. The lowest BCUT2D eigenvalue weighted by Crippen LogP contribution is -2.35. The molecule has 4 rings (SSSR count). The van der Waals surface area contributed by atoms with Crippen molar-refractivity contribution in [2.45, 2.75) is 31.7 Å². The van der Waals surface area contributed by atoms with Crippen molar-refractivity contribution in [3.63, 3.8) is 0 Å². The van der Waals surface area contributed by atoms with E-state index in [0.717, 1.165) is 24.2 Å². The van der Waals surface area contributed by atoms with E-state index in [1.54, 1.807) is 12.4 Å². The second-order valence-electron chi connectivity index (χ2n) is 8.01. The zero-order valence-corrected chi connectivity index (χ0v) is 18.1. The van der Waals surface area contributed by atoms with E-state index >= 15 is 0 Å². The number of carbonyl (C=O) groups is 2. The molecule has 0 bridgehead atoms. The highest BCUT2D eigenvalue weighted by Gasteiger charge is 2.20. The van der Waals surface area contributed by atoms with Crippen molar-refractivity contribution >= 4 is 17.5 Å². The van der Waals surface area contributed by atoms with Gasteiger partial charge in [0.25, 0.3) is 11.8 Å². The number of hydrogen-bond donors (Lipinski definition) is 2. The van der Waals surface area contributed by atoms with Gasteiger partial charge in [0.05, 0.1) is 12.6 Å². The Bertz CT molecular complexity index is 1110. The Balaban J connectivity index is 1.42. The maximum atomic E-state index is 12.8. The number of carbonyl (C=O) groups excluding carboxylic acids is 2. The third-order valence-corrected chi connectivity index (χ3v) is 5.53. The van der Waals surface area contributed by atoms with Crippen LogP contribution in [0.3, 0.4) is 0 Å². The smallest absolute Gasteiger partial charge is 0.274 e. The molecule has 3 aromatic rings. The van der Waals surface area contributed by atoms with E-state index in [-0.39, 0.29) is 29.5 Å². The van der Waals surface area contributed by atoms with Crippen LogP contribution in [0.2, 0.25) is 0 Å². The van der Waals surface area contributed by atoms with Gasteiger partial charge in [-0.2, -0.15) is 0 Å². The Kier molecular flexibility index (Phi) is 6.55. The summed E-state index contributed by atoms with van der Waals surface area (Å²) >= 11 is 0. The summed E-state index contributed by atoms with van der Waals surface area (Å²) in [4.78, 5) is 29.4. The monoisotopic (exact) mass is 434 g/mol. The van der Waals surface area contributed by atoms with Gasteiger partial charge < -0.3 is 19.9 Å². The fraction of sp³-hybridized carbons (Fsp3) is 0.348. The third-order valence-electron chi connectivity index (χ3n) is 5.53. The topological polar surface area (TPSA) is 111 Å². The molecule has 2 amide bonds. The molecule has 2 N–H and O–H groups in total. The Morgan fingerprint density at radius 2 is 2.12 bits per heavy atom. The molecule has 0 radical (unpaired) electrons. The van der Waals surface area contributed by atoms with Gasteiger partial charge in [-0.1, -0.05) is 19.1 Å². The minimum Gasteiger partial charge on any atom is -0.379 e. The zero-order valence-electron chi connectivity index (χ0n) is 18.1. The van der Waals surface area contributed by atoms with Crippen LogP contribution in [0.15, 0.2) is 48.9 Å². The molecule has 9 nitrogen and oxygen atoms in total. The predicted octanol–water partition coefficient (Wildman–Crippen LogP) is 2.33. The SMILES string of the molecule is CC(Cc1nncn1C)c1cccc(NC(=O)c2cc(C(=O)NC3CCOC3)ccn2)c1. The molecular formula is C23H26N6O3. The Labute approximate surface area is 186 Å². The first-order chi connectivity index (χ1) is 15.5. The zero-order chi connectivity index (χ0) is 22.5. The normalized spacial score (nSPS) is 16.5. The number of aryl methyl sites for hydroxylation is 1. The van der Waals surface area contributed by atoms with Crippen LogP contribution in [-0.2, 0) is 18.2 Å². The molecular weight excluding hydrogens is 408 g/mol. The van der Waals surface area contributed by atoms with Crippen LogP contribution in [0, 0.1) is 0 Å². The number of benzene rings is 1. The van der Waals surface area contributed by atoms with Gasteiger partial charge in [-0.15, -0.1) is 10.2 Å². The molecule has 2 atom stereocenters. The molecule has 32 heavy (non-hydrogen) atoms. The lowest BCUT2D eigenvalue weighted by atomic mass is 9.97. The average molecular weight is 435 g/mol. The van der Waals surface area contributed by atoms with Crippen molar-refractivity contribution in [1.82, 2.24) is 25.1 Å². The highest BCUT2D eigenvalue weighted by molar-refractivity contribution is 6.04. The van der Waals surface area contributed by atoms with Crippen LogP contribution in [0.25, 0.3) is 0 Å². The lowest BCUT2D eigenvalue weighted by molar-refractivity contribution is 0.0930. The Morgan fingerprint density at radius 1 is 1.25 bits per heavy atom. The van der Waals surface area contributed by atoms with Gasteiger partial charge in [0, 0.05) is 37.5 Å². The summed E-state index contributed by atoms with van der Waals surface area (Å²) in [6.45, 7) is 3.26. The van der Waals surface area contributed by atoms with Crippen LogP contribution in [0.5, 0.6) is 0 Å². The fourth-order valence-corrected chi connectivity index (χ4v) is 3.61. The minimum atomic E-state index is -0.373. The van der Waals surface area contributed by atoms with Gasteiger partial charge >= 0.3 is 0 Å². The second-order valence-corrected chi connectivity index (χ2v) is 8.01. The average Bonchev–Trinajstić information content (AvgIpc) is 3.46. The third kappa shape index (κ3) is 5.17. The molecule has 3 heterocycles. The molecule has 0 spiro atoms. The summed E-state index contributed by atoms with van der Waals surface area (Å²) in [5, 5.41) is 13.9. The summed E-state index contributed by atoms with van der Waals surface area (Å²) in [7, 11) is 1.92. The Hall–Kier alpha value is -3.59. The highest BCUT2D eigenvalue weighted by atomic mass is 16.5. The number of amides is 2. The first-order valence-electron chi connectivity index (χ1n) is 10.6. The van der Waals surface area contributed by atoms with Crippen molar-refractivity contribution < 1.29 is 14.3 Å². The van der Waals surface area contributed by atoms with E-state index < -0.39 is 0 Å². The summed E-state index contributed by atoms with van der Waals surface area (Å²) in [6.07, 6.45) is 4.67. The van der Waals surface area contributed by atoms with E-state index in [9.17, 15) is 9.59 Å². The van der Waals surface area contributed by atoms with Gasteiger partial charge in [0.15, 0.2) is 0 Å². The van der Waals surface area contributed by atoms with Crippen LogP contribution < -0.4 is 10.6 Å². The lowest BCUT2D eigenvalue weighted by Gasteiger charge is -2.13. The maximum Gasteiger partial charge on any atom is 0.274 e. The number of pyridine rings is 1. The first-order valence-corrected chi connectivity index (χ1v) is 10.6. The quantitative estimate of drug-likeness (QED) is 0.590. The molecule has 1 aliphatic rings. The van der Waals surface area contributed by atoms with E-state index in [2.05, 4.69) is 32.7 Å². The number of anilines is 1. The van der Waals surface area contributed by atoms with Gasteiger partial charge in [0.2, 0.25) is 0 Å². The van der Waals surface area contributed by atoms with Crippen molar-refractivity contribution in [3.8, 4) is 0 Å². The number of nitrogens with zero attached hydrogens (tertiary/aromatic N) is 4. The summed E-state index contributed by atoms with van der Waals surface area (Å²) in [6, 6.07) is 10.8. The van der Waals surface area contributed by atoms with Crippen molar-refractivity contribution in [2.24, 2.45) is 7.05 Å². The summed E-state index contributed by atoms with van der Waals surface area (Å²) in [5.41, 5.74) is 2.31. The van der Waals surface area contributed by atoms with Crippen molar-refractivity contribution in [1.29, 1.82) is 0 Å². The molecule has 2 unspecified atom stereocenters. The van der Waals surface area contributed by atoms with E-state index in [1.165, 1.54) is 12.3 Å². The molecule has 166 valence electrons. The first kappa shape index (κ1) is 21.6. The number of aromatic nitrogens is 4. The minimum absolute atomic E-state index is 0.000725. The van der Waals surface area contributed by atoms with Gasteiger partial charge in [-0.05, 0) is 42.2 Å². The van der Waals surface area contributed by atoms with E-state index in [0.29, 0.717) is 24.5 Å². The highest BCUT2D eigenvalue weighted by Crippen LogP contribution is 2.22. The van der Waals surface area contributed by atoms with Crippen molar-refractivity contribution in [2.75, 3.05) is 18.5 Å². The standard InChI is InChI=1S/C23H26N6O3/c1-15(10-21-28-25-14-29(21)2)16-4-3-5-18(11-16)26-23(31)20-12-17(6-8-24-20)22(30)27-19-7-9-32-13-19/h3-6,8,11-12,14-15,19H,7,9-10,13H2,1-2H3,(H,26,31)(H,27,30). The largest absolute Gasteiger partial charge is 0.379 e. The van der Waals surface area contributed by atoms with Crippen LogP contribution >= 0.6 is 0 Å². The summed E-state index contributed by atoms with van der Waals surface area (Å²) in [5.74, 6) is 0.480. The molecule has 0 saturated carbocycles. The maximum absolute atomic E-state index is 12.8. The molecule has 1 fully saturated rings. The van der Waals surface area contributed by atoms with E-state index in [1.807, 2.05) is 35.9 Å².